The molecular weight excluding hydrogens is 417 g/mol. The minimum atomic E-state index is -4.42. The maximum absolute atomic E-state index is 13.7. The van der Waals surface area contributed by atoms with E-state index >= 15 is 0 Å². The molecule has 8 heteroatoms. The summed E-state index contributed by atoms with van der Waals surface area (Å²) in [5.41, 5.74) is 1.94. The Morgan fingerprint density at radius 3 is 2.25 bits per heavy atom. The van der Waals surface area contributed by atoms with Crippen LogP contribution >= 0.6 is 0 Å². The van der Waals surface area contributed by atoms with Gasteiger partial charge in [-0.05, 0) is 70.8 Å². The van der Waals surface area contributed by atoms with Crippen molar-refractivity contribution in [3.8, 4) is 5.69 Å². The average Bonchev–Trinajstić information content (AvgIpc) is 3.70. The number of alkyl halides is 3. The van der Waals surface area contributed by atoms with Crippen molar-refractivity contribution in [2.75, 3.05) is 27.2 Å². The minimum Gasteiger partial charge on any atom is -0.338 e. The number of halogens is 3. The number of hydrogen-bond donors (Lipinski definition) is 0. The van der Waals surface area contributed by atoms with E-state index in [1.54, 1.807) is 10.7 Å². The van der Waals surface area contributed by atoms with E-state index in [9.17, 15) is 18.0 Å². The quantitative estimate of drug-likeness (QED) is 0.662. The molecule has 1 aromatic heterocycles. The van der Waals surface area contributed by atoms with E-state index in [2.05, 4.69) is 19.0 Å². The Labute approximate surface area is 186 Å². The van der Waals surface area contributed by atoms with Crippen LogP contribution in [0.5, 0.6) is 0 Å². The molecule has 0 bridgehead atoms. The van der Waals surface area contributed by atoms with Gasteiger partial charge in [0, 0.05) is 31.0 Å². The smallest absolute Gasteiger partial charge is 0.338 e. The van der Waals surface area contributed by atoms with Gasteiger partial charge in [0.05, 0.1) is 28.2 Å². The second-order valence-electron chi connectivity index (χ2n) is 9.64. The van der Waals surface area contributed by atoms with Gasteiger partial charge in [-0.3, -0.25) is 4.79 Å². The van der Waals surface area contributed by atoms with Gasteiger partial charge in [-0.1, -0.05) is 6.07 Å². The number of hydrogen-bond acceptors (Lipinski definition) is 3. The van der Waals surface area contributed by atoms with Gasteiger partial charge in [0.15, 0.2) is 0 Å². The van der Waals surface area contributed by atoms with Crippen molar-refractivity contribution < 1.29 is 18.0 Å². The summed E-state index contributed by atoms with van der Waals surface area (Å²) in [5.74, 6) is 0.421. The highest BCUT2D eigenvalue weighted by Gasteiger charge is 2.42. The molecular formula is C24H29F3N4O. The molecule has 0 N–H and O–H groups in total. The number of benzene rings is 1. The summed E-state index contributed by atoms with van der Waals surface area (Å²) >= 11 is 0. The summed E-state index contributed by atoms with van der Waals surface area (Å²) in [7, 11) is 4.13. The molecule has 172 valence electrons. The molecule has 0 atom stereocenters. The van der Waals surface area contributed by atoms with Crippen LogP contribution in [-0.4, -0.2) is 58.7 Å². The van der Waals surface area contributed by atoms with Crippen LogP contribution in [0, 0.1) is 0 Å². The Hall–Kier alpha value is -2.35. The Kier molecular flexibility index (Phi) is 5.31. The maximum Gasteiger partial charge on any atom is 0.416 e. The van der Waals surface area contributed by atoms with Gasteiger partial charge in [-0.15, -0.1) is 0 Å². The summed E-state index contributed by atoms with van der Waals surface area (Å²) in [4.78, 5) is 17.9. The molecule has 2 heterocycles. The second-order valence-corrected chi connectivity index (χ2v) is 9.64. The lowest BCUT2D eigenvalue weighted by Gasteiger charge is -2.35. The van der Waals surface area contributed by atoms with E-state index in [-0.39, 0.29) is 17.7 Å². The minimum absolute atomic E-state index is 0.00392. The Bertz CT molecular complexity index is 1010. The molecule has 5 nitrogen and oxygen atoms in total. The Balaban J connectivity index is 1.54. The summed E-state index contributed by atoms with van der Waals surface area (Å²) < 4.78 is 41.7. The average molecular weight is 447 g/mol. The first-order valence-electron chi connectivity index (χ1n) is 11.5. The zero-order chi connectivity index (χ0) is 22.6. The normalized spacial score (nSPS) is 20.2. The summed E-state index contributed by atoms with van der Waals surface area (Å²) in [5, 5.41) is 4.78. The number of nitrogens with zero attached hydrogens (tertiary/aromatic N) is 4. The van der Waals surface area contributed by atoms with Gasteiger partial charge in [-0.2, -0.15) is 18.3 Å². The van der Waals surface area contributed by atoms with Crippen molar-refractivity contribution in [2.24, 2.45) is 0 Å². The standard InChI is InChI=1S/C24H29F3N4O/c1-29(2)18-10-12-30(13-11-18)23(32)20-21(15-6-7-15)28-31(22(20)16-8-9-16)19-5-3-4-17(14-19)24(25,26)27/h3-5,14-16,18H,6-13H2,1-2H3. The van der Waals surface area contributed by atoms with Crippen LogP contribution in [0.4, 0.5) is 13.2 Å². The predicted molar refractivity (Wildman–Crippen MR) is 115 cm³/mol. The van der Waals surface area contributed by atoms with Crippen LogP contribution in [0.25, 0.3) is 5.69 Å². The van der Waals surface area contributed by atoms with E-state index in [0.717, 1.165) is 62.0 Å². The third-order valence-corrected chi connectivity index (χ3v) is 6.99. The van der Waals surface area contributed by atoms with Crippen molar-refractivity contribution >= 4 is 5.91 Å². The molecule has 3 aliphatic rings. The van der Waals surface area contributed by atoms with Gasteiger partial charge in [0.25, 0.3) is 5.91 Å². The SMILES string of the molecule is CN(C)C1CCN(C(=O)c2c(C3CC3)nn(-c3cccc(C(F)(F)F)c3)c2C2CC2)CC1. The molecule has 32 heavy (non-hydrogen) atoms. The van der Waals surface area contributed by atoms with E-state index in [0.29, 0.717) is 30.4 Å². The van der Waals surface area contributed by atoms with Crippen molar-refractivity contribution in [1.82, 2.24) is 19.6 Å². The number of aromatic nitrogens is 2. The first-order chi connectivity index (χ1) is 15.2. The first kappa shape index (κ1) is 21.5. The van der Waals surface area contributed by atoms with Crippen molar-refractivity contribution in [1.29, 1.82) is 0 Å². The fourth-order valence-corrected chi connectivity index (χ4v) is 4.80. The molecule has 5 rings (SSSR count). The van der Waals surface area contributed by atoms with Crippen LogP contribution in [-0.2, 0) is 6.18 Å². The summed E-state index contributed by atoms with van der Waals surface area (Å²) in [6.45, 7) is 1.40. The largest absolute Gasteiger partial charge is 0.416 e. The molecule has 1 aliphatic heterocycles. The van der Waals surface area contributed by atoms with Crippen molar-refractivity contribution in [2.45, 2.75) is 62.6 Å². The van der Waals surface area contributed by atoms with Gasteiger partial charge < -0.3 is 9.80 Å². The maximum atomic E-state index is 13.7. The van der Waals surface area contributed by atoms with Crippen LogP contribution in [0.15, 0.2) is 24.3 Å². The molecule has 0 unspecified atom stereocenters. The predicted octanol–water partition coefficient (Wildman–Crippen LogP) is 4.81. The number of likely N-dealkylation sites (tertiary alicyclic amines) is 1. The third-order valence-electron chi connectivity index (χ3n) is 6.99. The first-order valence-corrected chi connectivity index (χ1v) is 11.5. The summed E-state index contributed by atoms with van der Waals surface area (Å²) in [6, 6.07) is 5.76. The highest BCUT2D eigenvalue weighted by atomic mass is 19.4. The molecule has 0 spiro atoms. The van der Waals surface area contributed by atoms with E-state index in [1.165, 1.54) is 6.07 Å². The van der Waals surface area contributed by atoms with E-state index in [1.807, 2.05) is 4.90 Å². The van der Waals surface area contributed by atoms with Gasteiger partial charge in [-0.25, -0.2) is 4.68 Å². The van der Waals surface area contributed by atoms with Crippen LogP contribution in [0.1, 0.15) is 77.7 Å². The molecule has 1 saturated heterocycles. The molecule has 2 aliphatic carbocycles. The Morgan fingerprint density at radius 2 is 1.69 bits per heavy atom. The molecule has 1 amide bonds. The van der Waals surface area contributed by atoms with E-state index in [4.69, 9.17) is 5.10 Å². The Morgan fingerprint density at radius 1 is 1.03 bits per heavy atom. The number of carbonyl (C=O) groups excluding carboxylic acids is 1. The zero-order valence-corrected chi connectivity index (χ0v) is 18.5. The van der Waals surface area contributed by atoms with E-state index < -0.39 is 11.7 Å². The third kappa shape index (κ3) is 4.05. The van der Waals surface area contributed by atoms with Crippen molar-refractivity contribution in [3.05, 3.63) is 46.8 Å². The lowest BCUT2D eigenvalue weighted by atomic mass is 10.0. The molecule has 1 aromatic carbocycles. The molecule has 2 saturated carbocycles. The lowest BCUT2D eigenvalue weighted by Crippen LogP contribution is -2.44. The summed E-state index contributed by atoms with van der Waals surface area (Å²) in [6.07, 6.45) is 1.28. The highest BCUT2D eigenvalue weighted by molar-refractivity contribution is 5.97. The number of piperidine rings is 1. The van der Waals surface area contributed by atoms with Crippen molar-refractivity contribution in [3.63, 3.8) is 0 Å². The van der Waals surface area contributed by atoms with Gasteiger partial charge in [0.2, 0.25) is 0 Å². The van der Waals surface area contributed by atoms with Crippen LogP contribution in [0.3, 0.4) is 0 Å². The van der Waals surface area contributed by atoms with Gasteiger partial charge in [0.1, 0.15) is 0 Å². The molecule has 2 aromatic rings. The zero-order valence-electron chi connectivity index (χ0n) is 18.5. The fraction of sp³-hybridized carbons (Fsp3) is 0.583. The number of carbonyl (C=O) groups is 1. The van der Waals surface area contributed by atoms with Gasteiger partial charge >= 0.3 is 6.18 Å². The van der Waals surface area contributed by atoms with Crippen LogP contribution in [0.2, 0.25) is 0 Å². The second kappa shape index (κ2) is 7.90. The fourth-order valence-electron chi connectivity index (χ4n) is 4.80. The highest BCUT2D eigenvalue weighted by Crippen LogP contribution is 2.48. The monoisotopic (exact) mass is 446 g/mol. The van der Waals surface area contributed by atoms with Crippen LogP contribution < -0.4 is 0 Å². The molecule has 3 fully saturated rings. The lowest BCUT2D eigenvalue weighted by molar-refractivity contribution is -0.137. The number of amides is 1. The molecule has 0 radical (unpaired) electrons. The number of rotatable bonds is 5. The topological polar surface area (TPSA) is 41.4 Å².